The van der Waals surface area contributed by atoms with Gasteiger partial charge in [0.05, 0.1) is 11.5 Å². The average Bonchev–Trinajstić information content (AvgIpc) is 3.09. The number of amidine groups is 1. The van der Waals surface area contributed by atoms with Gasteiger partial charge < -0.3 is 20.7 Å². The summed E-state index contributed by atoms with van der Waals surface area (Å²) in [6, 6.07) is 6.79. The van der Waals surface area contributed by atoms with Crippen LogP contribution in [0.15, 0.2) is 30.3 Å². The van der Waals surface area contributed by atoms with Crippen LogP contribution in [0.1, 0.15) is 27.0 Å². The normalized spacial score (nSPS) is 11.6. The van der Waals surface area contributed by atoms with Crippen molar-refractivity contribution >= 4 is 35.1 Å². The number of halogens is 4. The molecule has 1 aromatic carbocycles. The molecule has 13 heteroatoms. The molecule has 0 saturated carbocycles. The number of hydrogen-bond donors (Lipinski definition) is 4. The number of carboxylic acids is 2. The fourth-order valence-corrected chi connectivity index (χ4v) is 2.93. The molecule has 31 heavy (non-hydrogen) atoms. The number of esters is 1. The molecule has 0 radical (unpaired) electrons. The quantitative estimate of drug-likeness (QED) is 0.168. The molecule has 0 spiro atoms. The predicted molar refractivity (Wildman–Crippen MR) is 101 cm³/mol. The summed E-state index contributed by atoms with van der Waals surface area (Å²) in [5.74, 6) is -6.06. The van der Waals surface area contributed by atoms with Crippen molar-refractivity contribution in [3.63, 3.8) is 0 Å². The number of rotatable bonds is 6. The van der Waals surface area contributed by atoms with Gasteiger partial charge in [-0.15, -0.1) is 11.3 Å². The van der Waals surface area contributed by atoms with Crippen molar-refractivity contribution in [2.24, 2.45) is 11.7 Å². The number of alkyl halides is 3. The Morgan fingerprint density at radius 2 is 1.77 bits per heavy atom. The van der Waals surface area contributed by atoms with E-state index >= 15 is 0 Å². The number of nitrogens with one attached hydrogen (secondary N) is 1. The lowest BCUT2D eigenvalue weighted by atomic mass is 10.1. The van der Waals surface area contributed by atoms with Crippen LogP contribution in [0.2, 0.25) is 0 Å². The summed E-state index contributed by atoms with van der Waals surface area (Å²) in [6.07, 6.45) is -4.77. The van der Waals surface area contributed by atoms with Gasteiger partial charge in [-0.1, -0.05) is 6.92 Å². The molecule has 2 aromatic rings. The van der Waals surface area contributed by atoms with E-state index in [4.69, 9.17) is 30.9 Å². The first-order valence-corrected chi connectivity index (χ1v) is 9.01. The van der Waals surface area contributed by atoms with Crippen LogP contribution >= 0.6 is 11.3 Å². The largest absolute Gasteiger partial charge is 0.490 e. The van der Waals surface area contributed by atoms with E-state index in [2.05, 4.69) is 0 Å². The van der Waals surface area contributed by atoms with Crippen LogP contribution in [-0.4, -0.2) is 40.1 Å². The van der Waals surface area contributed by atoms with Gasteiger partial charge in [-0.25, -0.2) is 14.0 Å². The molecule has 0 bridgehead atoms. The van der Waals surface area contributed by atoms with Crippen LogP contribution in [-0.2, 0) is 16.0 Å². The average molecular weight is 464 g/mol. The Kier molecular flexibility index (Phi) is 8.67. The van der Waals surface area contributed by atoms with Gasteiger partial charge in [0.15, 0.2) is 0 Å². The maximum atomic E-state index is 13.7. The van der Waals surface area contributed by atoms with Gasteiger partial charge in [-0.3, -0.25) is 10.2 Å². The van der Waals surface area contributed by atoms with Gasteiger partial charge in [0.1, 0.15) is 22.3 Å². The van der Waals surface area contributed by atoms with Crippen LogP contribution in [0.5, 0.6) is 5.75 Å². The molecule has 5 N–H and O–H groups in total. The Balaban J connectivity index is 0.000000592. The molecule has 1 aromatic heterocycles. The second-order valence-electron chi connectivity index (χ2n) is 5.96. The van der Waals surface area contributed by atoms with Gasteiger partial charge >= 0.3 is 24.1 Å². The SMILES string of the molecule is CC(Cc1ccc(C(=O)Oc2ccc(C(=N)N)c(F)c2)s1)C(=O)O.O=C(O)C(F)(F)F. The Morgan fingerprint density at radius 3 is 2.23 bits per heavy atom. The molecule has 8 nitrogen and oxygen atoms in total. The van der Waals surface area contributed by atoms with Gasteiger partial charge in [0, 0.05) is 10.9 Å². The van der Waals surface area contributed by atoms with Crippen molar-refractivity contribution in [3.8, 4) is 5.75 Å². The second kappa shape index (κ2) is 10.5. The smallest absolute Gasteiger partial charge is 0.481 e. The number of hydrogen-bond acceptors (Lipinski definition) is 6. The lowest BCUT2D eigenvalue weighted by molar-refractivity contribution is -0.192. The molecule has 0 fully saturated rings. The van der Waals surface area contributed by atoms with E-state index in [0.29, 0.717) is 11.3 Å². The maximum Gasteiger partial charge on any atom is 0.490 e. The van der Waals surface area contributed by atoms with E-state index in [-0.39, 0.29) is 11.3 Å². The second-order valence-corrected chi connectivity index (χ2v) is 7.13. The summed E-state index contributed by atoms with van der Waals surface area (Å²) in [4.78, 5) is 32.8. The minimum absolute atomic E-state index is 0.00338. The number of carbonyl (C=O) groups is 3. The number of carbonyl (C=O) groups excluding carboxylic acids is 1. The minimum Gasteiger partial charge on any atom is -0.481 e. The molecule has 0 saturated heterocycles. The van der Waals surface area contributed by atoms with Crippen LogP contribution < -0.4 is 10.5 Å². The van der Waals surface area contributed by atoms with Crippen LogP contribution in [0, 0.1) is 17.1 Å². The Morgan fingerprint density at radius 1 is 1.19 bits per heavy atom. The van der Waals surface area contributed by atoms with E-state index < -0.39 is 41.7 Å². The molecule has 1 atom stereocenters. The van der Waals surface area contributed by atoms with Gasteiger partial charge in [0.25, 0.3) is 0 Å². The number of nitrogen functional groups attached to an aromatic ring is 1. The van der Waals surface area contributed by atoms with Crippen molar-refractivity contribution in [2.45, 2.75) is 19.5 Å². The van der Waals surface area contributed by atoms with E-state index in [1.54, 1.807) is 13.0 Å². The molecular weight excluding hydrogens is 448 g/mol. The monoisotopic (exact) mass is 464 g/mol. The number of ether oxygens (including phenoxy) is 1. The number of benzene rings is 1. The van der Waals surface area contributed by atoms with Crippen LogP contribution in [0.4, 0.5) is 17.6 Å². The van der Waals surface area contributed by atoms with Crippen molar-refractivity contribution < 1.29 is 46.9 Å². The minimum atomic E-state index is -5.08. The molecule has 0 aliphatic heterocycles. The van der Waals surface area contributed by atoms with E-state index in [1.807, 2.05) is 0 Å². The maximum absolute atomic E-state index is 13.7. The number of nitrogens with two attached hydrogens (primary N) is 1. The summed E-state index contributed by atoms with van der Waals surface area (Å²) >= 11 is 1.13. The molecule has 1 unspecified atom stereocenters. The van der Waals surface area contributed by atoms with Gasteiger partial charge in [-0.05, 0) is 30.7 Å². The zero-order valence-electron chi connectivity index (χ0n) is 15.7. The first-order chi connectivity index (χ1) is 14.2. The Labute approximate surface area is 176 Å². The molecule has 2 rings (SSSR count). The molecule has 168 valence electrons. The Hall–Kier alpha value is -3.48. The highest BCUT2D eigenvalue weighted by Crippen LogP contribution is 2.23. The van der Waals surface area contributed by atoms with E-state index in [1.165, 1.54) is 18.2 Å². The highest BCUT2D eigenvalue weighted by atomic mass is 32.1. The number of aliphatic carboxylic acids is 2. The summed E-state index contributed by atoms with van der Waals surface area (Å²) in [5, 5.41) is 23.2. The lowest BCUT2D eigenvalue weighted by Crippen LogP contribution is -2.21. The lowest BCUT2D eigenvalue weighted by Gasteiger charge is -2.05. The fourth-order valence-electron chi connectivity index (χ4n) is 1.92. The van der Waals surface area contributed by atoms with Crippen molar-refractivity contribution in [1.82, 2.24) is 0 Å². The van der Waals surface area contributed by atoms with Crippen molar-refractivity contribution in [2.75, 3.05) is 0 Å². The van der Waals surface area contributed by atoms with Crippen molar-refractivity contribution in [1.29, 1.82) is 5.41 Å². The summed E-state index contributed by atoms with van der Waals surface area (Å²) in [7, 11) is 0. The van der Waals surface area contributed by atoms with E-state index in [0.717, 1.165) is 22.3 Å². The first kappa shape index (κ1) is 25.6. The third-order valence-electron chi connectivity index (χ3n) is 3.48. The summed E-state index contributed by atoms with van der Waals surface area (Å²) in [5.41, 5.74) is 5.14. The molecule has 0 aliphatic carbocycles. The predicted octanol–water partition coefficient (Wildman–Crippen LogP) is 3.29. The highest BCUT2D eigenvalue weighted by molar-refractivity contribution is 7.13. The van der Waals surface area contributed by atoms with Crippen LogP contribution in [0.25, 0.3) is 0 Å². The molecule has 1 heterocycles. The topological polar surface area (TPSA) is 151 Å². The standard InChI is InChI=1S/C16H15FN2O4S.C2HF3O2/c1-8(15(20)21)6-10-3-5-13(24-10)16(22)23-9-2-4-11(14(18)19)12(17)7-9;3-2(4,5)1(6)7/h2-5,7-8H,6H2,1H3,(H3,18,19)(H,20,21);(H,6,7). The number of thiophene rings is 1. The summed E-state index contributed by atoms with van der Waals surface area (Å²) < 4.78 is 50.5. The van der Waals surface area contributed by atoms with Crippen LogP contribution in [0.3, 0.4) is 0 Å². The third kappa shape index (κ3) is 8.04. The third-order valence-corrected chi connectivity index (χ3v) is 4.56. The Bertz CT molecular complexity index is 990. The van der Waals surface area contributed by atoms with Crippen molar-refractivity contribution in [3.05, 3.63) is 51.5 Å². The van der Waals surface area contributed by atoms with Gasteiger partial charge in [-0.2, -0.15) is 13.2 Å². The fraction of sp³-hybridized carbons (Fsp3) is 0.222. The summed E-state index contributed by atoms with van der Waals surface area (Å²) in [6.45, 7) is 1.58. The molecular formula is C18H16F4N2O6S. The zero-order chi connectivity index (χ0) is 23.9. The molecule has 0 amide bonds. The number of carboxylic acid groups (broad SMARTS) is 2. The molecule has 0 aliphatic rings. The first-order valence-electron chi connectivity index (χ1n) is 8.20. The highest BCUT2D eigenvalue weighted by Gasteiger charge is 2.38. The van der Waals surface area contributed by atoms with Gasteiger partial charge in [0.2, 0.25) is 0 Å². The van der Waals surface area contributed by atoms with E-state index in [9.17, 15) is 27.2 Å². The zero-order valence-corrected chi connectivity index (χ0v) is 16.5.